The van der Waals surface area contributed by atoms with E-state index < -0.39 is 23.3 Å². The Labute approximate surface area is 84.3 Å². The summed E-state index contributed by atoms with van der Waals surface area (Å²) in [7, 11) is 0. The van der Waals surface area contributed by atoms with E-state index in [1.54, 1.807) is 0 Å². The average Bonchev–Trinajstić information content (AvgIpc) is 2.18. The molecule has 0 radical (unpaired) electrons. The minimum absolute atomic E-state index is 0.216. The Morgan fingerprint density at radius 1 is 1.20 bits per heavy atom. The van der Waals surface area contributed by atoms with Crippen LogP contribution in [0.1, 0.15) is 5.56 Å². The highest BCUT2D eigenvalue weighted by atomic mass is 19.1. The van der Waals surface area contributed by atoms with E-state index in [-0.39, 0.29) is 5.56 Å². The molecule has 4 nitrogen and oxygen atoms in total. The van der Waals surface area contributed by atoms with Crippen LogP contribution in [-0.4, -0.2) is 22.0 Å². The highest BCUT2D eigenvalue weighted by Crippen LogP contribution is 2.14. The lowest BCUT2D eigenvalue weighted by atomic mass is 10.1. The first-order valence-corrected chi connectivity index (χ1v) is 3.95. The molecule has 1 rings (SSSR count). The molecule has 1 aromatic rings. The molecule has 0 bridgehead atoms. The van der Waals surface area contributed by atoms with E-state index in [1.165, 1.54) is 18.2 Å². The van der Waals surface area contributed by atoms with E-state index in [1.807, 2.05) is 0 Å². The van der Waals surface area contributed by atoms with E-state index in [2.05, 4.69) is 0 Å². The number of hydrogen-bond acceptors (Lipinski definition) is 3. The second kappa shape index (κ2) is 4.36. The molecule has 0 amide bonds. The molecule has 15 heavy (non-hydrogen) atoms. The Morgan fingerprint density at radius 2 is 1.80 bits per heavy atom. The first-order chi connectivity index (χ1) is 7.02. The maximum atomic E-state index is 13.0. The van der Waals surface area contributed by atoms with Gasteiger partial charge in [0.25, 0.3) is 5.78 Å². The van der Waals surface area contributed by atoms with Crippen LogP contribution in [0.3, 0.4) is 0 Å². The summed E-state index contributed by atoms with van der Waals surface area (Å²) in [6, 6.07) is 5.18. The zero-order chi connectivity index (χ0) is 11.4. The van der Waals surface area contributed by atoms with Gasteiger partial charge in [0.15, 0.2) is 0 Å². The Balaban J connectivity index is 3.05. The van der Waals surface area contributed by atoms with Crippen LogP contribution in [0, 0.1) is 5.82 Å². The van der Waals surface area contributed by atoms with Crippen molar-refractivity contribution >= 4 is 17.5 Å². The van der Waals surface area contributed by atoms with Gasteiger partial charge in [0.2, 0.25) is 0 Å². The van der Waals surface area contributed by atoms with Gasteiger partial charge in [-0.25, -0.2) is 9.18 Å². The quantitative estimate of drug-likeness (QED) is 0.449. The van der Waals surface area contributed by atoms with Crippen molar-refractivity contribution in [3.05, 3.63) is 41.7 Å². The number of carbonyl (C=O) groups is 2. The van der Waals surface area contributed by atoms with Gasteiger partial charge in [-0.15, -0.1) is 0 Å². The van der Waals surface area contributed by atoms with Gasteiger partial charge in [-0.05, 0) is 12.1 Å². The van der Waals surface area contributed by atoms with Crippen LogP contribution in [0.25, 0.3) is 5.76 Å². The molecule has 1 aromatic carbocycles. The fraction of sp³-hybridized carbons (Fsp3) is 0. The monoisotopic (exact) mass is 210 g/mol. The third kappa shape index (κ3) is 2.63. The number of carboxylic acid groups (broad SMARTS) is 1. The summed E-state index contributed by atoms with van der Waals surface area (Å²) in [5.41, 5.74) is -0.216. The molecule has 0 saturated carbocycles. The summed E-state index contributed by atoms with van der Waals surface area (Å²) < 4.78 is 13.0. The summed E-state index contributed by atoms with van der Waals surface area (Å²) in [6.07, 6.45) is 0.459. The number of aliphatic carboxylic acids is 1. The fourth-order valence-electron chi connectivity index (χ4n) is 0.933. The van der Waals surface area contributed by atoms with E-state index in [4.69, 9.17) is 5.11 Å². The molecule has 2 N–H and O–H groups in total. The largest absolute Gasteiger partial charge is 0.507 e. The lowest BCUT2D eigenvalue weighted by molar-refractivity contribution is -0.146. The fourth-order valence-corrected chi connectivity index (χ4v) is 0.933. The molecule has 0 heterocycles. The van der Waals surface area contributed by atoms with Gasteiger partial charge < -0.3 is 10.2 Å². The van der Waals surface area contributed by atoms with E-state index in [0.29, 0.717) is 6.08 Å². The summed E-state index contributed by atoms with van der Waals surface area (Å²) in [5.74, 6) is -4.46. The molecule has 0 fully saturated rings. The normalized spacial score (nSPS) is 11.1. The molecule has 0 saturated heterocycles. The zero-order valence-corrected chi connectivity index (χ0v) is 7.48. The molecule has 0 unspecified atom stereocenters. The molecule has 0 aliphatic rings. The van der Waals surface area contributed by atoms with Crippen molar-refractivity contribution in [3.63, 3.8) is 0 Å². The summed E-state index contributed by atoms with van der Waals surface area (Å²) in [6.45, 7) is 0. The van der Waals surface area contributed by atoms with Crippen LogP contribution < -0.4 is 0 Å². The van der Waals surface area contributed by atoms with Crippen LogP contribution in [0.2, 0.25) is 0 Å². The highest BCUT2D eigenvalue weighted by molar-refractivity contribution is 6.38. The lowest BCUT2D eigenvalue weighted by Crippen LogP contribution is -2.09. The minimum Gasteiger partial charge on any atom is -0.507 e. The number of carbonyl (C=O) groups excluding carboxylic acids is 1. The van der Waals surface area contributed by atoms with Crippen molar-refractivity contribution in [3.8, 4) is 0 Å². The number of ketones is 1. The molecule has 0 spiro atoms. The Hall–Kier alpha value is -2.17. The standard InChI is InChI=1S/C10H7FO4/c11-7-4-2-1-3-6(7)8(12)5-9(13)10(14)15/h1-5,12H,(H,14,15). The van der Waals surface area contributed by atoms with Gasteiger partial charge in [0.05, 0.1) is 5.56 Å². The van der Waals surface area contributed by atoms with E-state index in [0.717, 1.165) is 6.07 Å². The zero-order valence-electron chi connectivity index (χ0n) is 7.48. The Bertz CT molecular complexity index is 437. The maximum Gasteiger partial charge on any atom is 0.376 e. The second-order valence-electron chi connectivity index (χ2n) is 2.68. The second-order valence-corrected chi connectivity index (χ2v) is 2.68. The molecule has 0 aliphatic heterocycles. The van der Waals surface area contributed by atoms with Crippen molar-refractivity contribution in [1.29, 1.82) is 0 Å². The van der Waals surface area contributed by atoms with Gasteiger partial charge in [-0.1, -0.05) is 12.1 Å². The number of aliphatic hydroxyl groups is 1. The van der Waals surface area contributed by atoms with Crippen LogP contribution in [0.4, 0.5) is 4.39 Å². The van der Waals surface area contributed by atoms with Crippen LogP contribution in [-0.2, 0) is 9.59 Å². The number of hydrogen-bond donors (Lipinski definition) is 2. The third-order valence-electron chi connectivity index (χ3n) is 1.63. The van der Waals surface area contributed by atoms with Crippen molar-refractivity contribution in [2.24, 2.45) is 0 Å². The number of benzene rings is 1. The van der Waals surface area contributed by atoms with Gasteiger partial charge in [-0.2, -0.15) is 0 Å². The smallest absolute Gasteiger partial charge is 0.376 e. The Morgan fingerprint density at radius 3 is 2.33 bits per heavy atom. The van der Waals surface area contributed by atoms with Crippen molar-refractivity contribution < 1.29 is 24.2 Å². The van der Waals surface area contributed by atoms with E-state index in [9.17, 15) is 19.1 Å². The highest BCUT2D eigenvalue weighted by Gasteiger charge is 2.12. The van der Waals surface area contributed by atoms with Crippen LogP contribution in [0.15, 0.2) is 30.3 Å². The predicted molar refractivity (Wildman–Crippen MR) is 49.6 cm³/mol. The summed E-state index contributed by atoms with van der Waals surface area (Å²) in [4.78, 5) is 20.8. The molecule has 5 heteroatoms. The predicted octanol–water partition coefficient (Wildman–Crippen LogP) is 1.38. The minimum atomic E-state index is -1.71. The molecular weight excluding hydrogens is 203 g/mol. The maximum absolute atomic E-state index is 13.0. The molecule has 0 atom stereocenters. The van der Waals surface area contributed by atoms with Gasteiger partial charge >= 0.3 is 5.97 Å². The van der Waals surface area contributed by atoms with Gasteiger partial charge in [0.1, 0.15) is 11.6 Å². The molecule has 78 valence electrons. The van der Waals surface area contributed by atoms with Crippen LogP contribution >= 0.6 is 0 Å². The molecule has 0 aliphatic carbocycles. The van der Waals surface area contributed by atoms with Gasteiger partial charge in [0, 0.05) is 6.08 Å². The topological polar surface area (TPSA) is 74.6 Å². The third-order valence-corrected chi connectivity index (χ3v) is 1.63. The first-order valence-electron chi connectivity index (χ1n) is 3.95. The summed E-state index contributed by atoms with van der Waals surface area (Å²) in [5, 5.41) is 17.5. The van der Waals surface area contributed by atoms with Crippen molar-refractivity contribution in [2.45, 2.75) is 0 Å². The number of aliphatic hydroxyl groups excluding tert-OH is 1. The average molecular weight is 210 g/mol. The number of halogens is 1. The molecule has 0 aromatic heterocycles. The first kappa shape index (κ1) is 10.9. The number of carboxylic acids is 1. The van der Waals surface area contributed by atoms with E-state index >= 15 is 0 Å². The SMILES string of the molecule is O=C(O)C(=O)C=C(O)c1ccccc1F. The van der Waals surface area contributed by atoms with Gasteiger partial charge in [-0.3, -0.25) is 4.79 Å². The van der Waals surface area contributed by atoms with Crippen molar-refractivity contribution in [2.75, 3.05) is 0 Å². The Kier molecular flexibility index (Phi) is 3.17. The lowest BCUT2D eigenvalue weighted by Gasteiger charge is -2.00. The van der Waals surface area contributed by atoms with Crippen LogP contribution in [0.5, 0.6) is 0 Å². The molecular formula is C10H7FO4. The van der Waals surface area contributed by atoms with Crippen molar-refractivity contribution in [1.82, 2.24) is 0 Å². The number of rotatable bonds is 3. The summed E-state index contributed by atoms with van der Waals surface area (Å²) >= 11 is 0.